The van der Waals surface area contributed by atoms with Crippen LogP contribution in [-0.4, -0.2) is 17.0 Å². The number of nitrogens with one attached hydrogen (secondary N) is 1. The van der Waals surface area contributed by atoms with Crippen molar-refractivity contribution in [2.24, 2.45) is 0 Å². The Balaban J connectivity index is 4.12. The standard InChI is InChI=1S/C8H15NOS/c1-6(2)8(3,4)11-7(10)9-5/h1H2,2-5H3,(H,9,10). The number of amides is 1. The highest BCUT2D eigenvalue weighted by atomic mass is 32.2. The van der Waals surface area contributed by atoms with E-state index in [0.717, 1.165) is 5.57 Å². The van der Waals surface area contributed by atoms with Crippen LogP contribution in [0.2, 0.25) is 0 Å². The zero-order chi connectivity index (χ0) is 9.07. The molecule has 0 aliphatic rings. The van der Waals surface area contributed by atoms with E-state index in [1.54, 1.807) is 7.05 Å². The summed E-state index contributed by atoms with van der Waals surface area (Å²) in [4.78, 5) is 10.9. The van der Waals surface area contributed by atoms with Crippen LogP contribution in [0, 0.1) is 0 Å². The Bertz CT molecular complexity index is 175. The fourth-order valence-electron chi connectivity index (χ4n) is 0.370. The number of carbonyl (C=O) groups is 1. The Labute approximate surface area is 72.4 Å². The second-order valence-electron chi connectivity index (χ2n) is 2.93. The van der Waals surface area contributed by atoms with Crippen LogP contribution in [0.3, 0.4) is 0 Å². The van der Waals surface area contributed by atoms with Gasteiger partial charge in [0.05, 0.1) is 0 Å². The van der Waals surface area contributed by atoms with Crippen molar-refractivity contribution < 1.29 is 4.79 Å². The van der Waals surface area contributed by atoms with E-state index < -0.39 is 0 Å². The van der Waals surface area contributed by atoms with Gasteiger partial charge in [-0.15, -0.1) is 0 Å². The van der Waals surface area contributed by atoms with Gasteiger partial charge in [0.25, 0.3) is 5.24 Å². The summed E-state index contributed by atoms with van der Waals surface area (Å²) in [5.41, 5.74) is 1.01. The number of rotatable bonds is 2. The monoisotopic (exact) mass is 173 g/mol. The molecule has 3 heteroatoms. The SMILES string of the molecule is C=C(C)C(C)(C)SC(=O)NC. The summed E-state index contributed by atoms with van der Waals surface area (Å²) >= 11 is 1.26. The highest BCUT2D eigenvalue weighted by molar-refractivity contribution is 8.14. The summed E-state index contributed by atoms with van der Waals surface area (Å²) in [5.74, 6) is 0. The van der Waals surface area contributed by atoms with Crippen molar-refractivity contribution in [1.82, 2.24) is 5.32 Å². The van der Waals surface area contributed by atoms with Crippen molar-refractivity contribution in [3.8, 4) is 0 Å². The molecule has 0 spiro atoms. The van der Waals surface area contributed by atoms with Crippen molar-refractivity contribution >= 4 is 17.0 Å². The Morgan fingerprint density at radius 2 is 2.00 bits per heavy atom. The van der Waals surface area contributed by atoms with E-state index in [-0.39, 0.29) is 9.99 Å². The molecule has 0 radical (unpaired) electrons. The number of carbonyl (C=O) groups excluding carboxylic acids is 1. The molecule has 0 aliphatic carbocycles. The molecule has 0 heterocycles. The van der Waals surface area contributed by atoms with Crippen molar-refractivity contribution in [2.75, 3.05) is 7.05 Å². The maximum atomic E-state index is 10.9. The first-order valence-corrected chi connectivity index (χ1v) is 4.28. The topological polar surface area (TPSA) is 29.1 Å². The van der Waals surface area contributed by atoms with Crippen LogP contribution in [-0.2, 0) is 0 Å². The Morgan fingerprint density at radius 1 is 1.55 bits per heavy atom. The van der Waals surface area contributed by atoms with Crippen LogP contribution in [0.1, 0.15) is 20.8 Å². The highest BCUT2D eigenvalue weighted by Crippen LogP contribution is 2.30. The average Bonchev–Trinajstić information content (AvgIpc) is 1.86. The molecule has 0 fully saturated rings. The zero-order valence-corrected chi connectivity index (χ0v) is 8.34. The molecule has 64 valence electrons. The summed E-state index contributed by atoms with van der Waals surface area (Å²) in [6, 6.07) is 0. The van der Waals surface area contributed by atoms with Crippen molar-refractivity contribution in [3.05, 3.63) is 12.2 Å². The molecule has 1 amide bonds. The molecule has 0 aliphatic heterocycles. The molecule has 0 bridgehead atoms. The smallest absolute Gasteiger partial charge is 0.279 e. The fourth-order valence-corrected chi connectivity index (χ4v) is 1.11. The lowest BCUT2D eigenvalue weighted by Gasteiger charge is -2.22. The number of hydrogen-bond acceptors (Lipinski definition) is 2. The molecule has 0 saturated carbocycles. The number of thioether (sulfide) groups is 1. The quantitative estimate of drug-likeness (QED) is 0.650. The van der Waals surface area contributed by atoms with E-state index in [4.69, 9.17) is 0 Å². The largest absolute Gasteiger partial charge is 0.350 e. The second kappa shape index (κ2) is 3.81. The molecular formula is C8H15NOS. The fraction of sp³-hybridized carbons (Fsp3) is 0.625. The first-order valence-electron chi connectivity index (χ1n) is 3.47. The second-order valence-corrected chi connectivity index (χ2v) is 4.53. The van der Waals surface area contributed by atoms with Gasteiger partial charge in [0.15, 0.2) is 0 Å². The maximum Gasteiger partial charge on any atom is 0.279 e. The van der Waals surface area contributed by atoms with Crippen molar-refractivity contribution in [2.45, 2.75) is 25.5 Å². The van der Waals surface area contributed by atoms with Gasteiger partial charge in [-0.1, -0.05) is 23.9 Å². The van der Waals surface area contributed by atoms with E-state index in [1.807, 2.05) is 20.8 Å². The Kier molecular flexibility index (Phi) is 3.66. The van der Waals surface area contributed by atoms with Gasteiger partial charge in [-0.2, -0.15) is 0 Å². The maximum absolute atomic E-state index is 10.9. The Morgan fingerprint density at radius 3 is 2.27 bits per heavy atom. The molecule has 1 N–H and O–H groups in total. The van der Waals surface area contributed by atoms with Gasteiger partial charge in [-0.25, -0.2) is 0 Å². The van der Waals surface area contributed by atoms with Gasteiger partial charge in [0, 0.05) is 11.8 Å². The summed E-state index contributed by atoms with van der Waals surface area (Å²) in [7, 11) is 1.63. The third-order valence-electron chi connectivity index (χ3n) is 1.58. The minimum atomic E-state index is -0.167. The summed E-state index contributed by atoms with van der Waals surface area (Å²) in [6.45, 7) is 9.70. The van der Waals surface area contributed by atoms with Gasteiger partial charge >= 0.3 is 0 Å². The van der Waals surface area contributed by atoms with E-state index in [2.05, 4.69) is 11.9 Å². The van der Waals surface area contributed by atoms with Gasteiger partial charge in [-0.3, -0.25) is 4.79 Å². The molecular weight excluding hydrogens is 158 g/mol. The first-order chi connectivity index (χ1) is 4.90. The summed E-state index contributed by atoms with van der Waals surface area (Å²) in [6.07, 6.45) is 0. The summed E-state index contributed by atoms with van der Waals surface area (Å²) < 4.78 is -0.167. The van der Waals surface area contributed by atoms with Crippen LogP contribution in [0.5, 0.6) is 0 Å². The highest BCUT2D eigenvalue weighted by Gasteiger charge is 2.22. The van der Waals surface area contributed by atoms with Crippen LogP contribution in [0.25, 0.3) is 0 Å². The molecule has 0 aromatic carbocycles. The lowest BCUT2D eigenvalue weighted by molar-refractivity contribution is 0.262. The predicted octanol–water partition coefficient (Wildman–Crippen LogP) is 2.41. The zero-order valence-electron chi connectivity index (χ0n) is 7.52. The van der Waals surface area contributed by atoms with Crippen LogP contribution in [0.15, 0.2) is 12.2 Å². The molecule has 2 nitrogen and oxygen atoms in total. The summed E-state index contributed by atoms with van der Waals surface area (Å²) in [5, 5.41) is 2.54. The molecule has 0 rings (SSSR count). The minimum Gasteiger partial charge on any atom is -0.350 e. The molecule has 0 unspecified atom stereocenters. The van der Waals surface area contributed by atoms with E-state index in [0.29, 0.717) is 0 Å². The van der Waals surface area contributed by atoms with Crippen molar-refractivity contribution in [1.29, 1.82) is 0 Å². The van der Waals surface area contributed by atoms with Gasteiger partial charge in [0.2, 0.25) is 0 Å². The van der Waals surface area contributed by atoms with Gasteiger partial charge in [-0.05, 0) is 20.8 Å². The van der Waals surface area contributed by atoms with Crippen molar-refractivity contribution in [3.63, 3.8) is 0 Å². The molecule has 0 atom stereocenters. The van der Waals surface area contributed by atoms with E-state index >= 15 is 0 Å². The van der Waals surface area contributed by atoms with E-state index in [1.165, 1.54) is 11.8 Å². The number of hydrogen-bond donors (Lipinski definition) is 1. The molecule has 0 aromatic rings. The lowest BCUT2D eigenvalue weighted by atomic mass is 10.1. The van der Waals surface area contributed by atoms with Gasteiger partial charge < -0.3 is 5.32 Å². The first kappa shape index (κ1) is 10.6. The third kappa shape index (κ3) is 3.46. The Hall–Kier alpha value is -0.440. The predicted molar refractivity (Wildman–Crippen MR) is 50.9 cm³/mol. The van der Waals surface area contributed by atoms with Gasteiger partial charge in [0.1, 0.15) is 0 Å². The van der Waals surface area contributed by atoms with Crippen LogP contribution >= 0.6 is 11.8 Å². The van der Waals surface area contributed by atoms with Crippen LogP contribution < -0.4 is 5.32 Å². The van der Waals surface area contributed by atoms with Crippen LogP contribution in [0.4, 0.5) is 4.79 Å². The lowest BCUT2D eigenvalue weighted by Crippen LogP contribution is -2.23. The normalized spacial score (nSPS) is 10.9. The molecule has 0 aromatic heterocycles. The minimum absolute atomic E-state index is 0.0157. The molecule has 11 heavy (non-hydrogen) atoms. The average molecular weight is 173 g/mol. The third-order valence-corrected chi connectivity index (χ3v) is 2.83. The van der Waals surface area contributed by atoms with E-state index in [9.17, 15) is 4.79 Å². The molecule has 0 saturated heterocycles.